The lowest BCUT2D eigenvalue weighted by Crippen LogP contribution is -2.29. The van der Waals surface area contributed by atoms with Crippen molar-refractivity contribution < 1.29 is 24.4 Å². The van der Waals surface area contributed by atoms with E-state index in [9.17, 15) is 24.8 Å². The lowest BCUT2D eigenvalue weighted by molar-refractivity contribution is -0.384. The number of Topliss-reactive ketones (excluding diaryl/α,β-unsaturated/α-hetero) is 1. The molecule has 1 aromatic heterocycles. The molecule has 1 amide bonds. The lowest BCUT2D eigenvalue weighted by atomic mass is 9.95. The number of ether oxygens (including phenoxy) is 1. The number of nitro benzene ring substituents is 1. The third-order valence-electron chi connectivity index (χ3n) is 6.49. The molecule has 198 valence electrons. The first-order chi connectivity index (χ1) is 18.7. The largest absolute Gasteiger partial charge is 0.507 e. The molecule has 1 atom stereocenters. The Balaban J connectivity index is 1.67. The van der Waals surface area contributed by atoms with Crippen LogP contribution in [0.2, 0.25) is 0 Å². The molecule has 0 saturated carbocycles. The van der Waals surface area contributed by atoms with Crippen molar-refractivity contribution in [2.45, 2.75) is 33.2 Å². The van der Waals surface area contributed by atoms with E-state index >= 15 is 0 Å². The minimum atomic E-state index is -1.04. The van der Waals surface area contributed by atoms with Gasteiger partial charge in [0.1, 0.15) is 11.5 Å². The van der Waals surface area contributed by atoms with Crippen LogP contribution in [0.15, 0.2) is 66.2 Å². The SMILES string of the molecule is CCCOc1ccc(C(O)=C2C(=O)C(=O)N(c3nc4c(C)cc(C)cc4s3)C2c2ccc([N+](=O)[O-])cc2)cc1. The average molecular weight is 544 g/mol. The molecule has 5 rings (SSSR count). The van der Waals surface area contributed by atoms with E-state index in [4.69, 9.17) is 9.72 Å². The van der Waals surface area contributed by atoms with Crippen molar-refractivity contribution in [3.63, 3.8) is 0 Å². The van der Waals surface area contributed by atoms with Crippen molar-refractivity contribution in [2.75, 3.05) is 11.5 Å². The van der Waals surface area contributed by atoms with Crippen molar-refractivity contribution in [1.29, 1.82) is 0 Å². The van der Waals surface area contributed by atoms with Crippen molar-refractivity contribution in [2.24, 2.45) is 0 Å². The van der Waals surface area contributed by atoms with Crippen LogP contribution in [0.25, 0.3) is 16.0 Å². The van der Waals surface area contributed by atoms with Gasteiger partial charge in [-0.1, -0.05) is 24.3 Å². The van der Waals surface area contributed by atoms with Gasteiger partial charge in [-0.15, -0.1) is 0 Å². The molecule has 1 N–H and O–H groups in total. The fourth-order valence-corrected chi connectivity index (χ4v) is 5.84. The Hall–Kier alpha value is -4.57. The number of ketones is 1. The third-order valence-corrected chi connectivity index (χ3v) is 7.49. The minimum Gasteiger partial charge on any atom is -0.507 e. The van der Waals surface area contributed by atoms with Crippen molar-refractivity contribution in [3.8, 4) is 5.75 Å². The summed E-state index contributed by atoms with van der Waals surface area (Å²) in [4.78, 5) is 43.6. The van der Waals surface area contributed by atoms with E-state index in [1.807, 2.05) is 32.9 Å². The van der Waals surface area contributed by atoms with Gasteiger partial charge in [0, 0.05) is 17.7 Å². The normalized spacial score (nSPS) is 16.7. The Bertz CT molecular complexity index is 1640. The van der Waals surface area contributed by atoms with E-state index in [1.54, 1.807) is 24.3 Å². The average Bonchev–Trinajstić information content (AvgIpc) is 3.46. The number of anilines is 1. The molecule has 1 aliphatic rings. The van der Waals surface area contributed by atoms with Gasteiger partial charge in [0.25, 0.3) is 11.5 Å². The van der Waals surface area contributed by atoms with Gasteiger partial charge in [0.05, 0.1) is 33.4 Å². The fraction of sp³-hybridized carbons (Fsp3) is 0.207. The summed E-state index contributed by atoms with van der Waals surface area (Å²) in [6, 6.07) is 15.1. The Morgan fingerprint density at radius 2 is 1.79 bits per heavy atom. The van der Waals surface area contributed by atoms with Gasteiger partial charge in [0.2, 0.25) is 0 Å². The number of benzene rings is 3. The van der Waals surface area contributed by atoms with E-state index in [2.05, 4.69) is 0 Å². The summed E-state index contributed by atoms with van der Waals surface area (Å²) in [5, 5.41) is 22.9. The first kappa shape index (κ1) is 26.1. The number of hydrogen-bond donors (Lipinski definition) is 1. The molecule has 9 nitrogen and oxygen atoms in total. The number of aromatic nitrogens is 1. The Morgan fingerprint density at radius 1 is 1.10 bits per heavy atom. The molecule has 10 heteroatoms. The highest BCUT2D eigenvalue weighted by molar-refractivity contribution is 7.22. The van der Waals surface area contributed by atoms with Crippen molar-refractivity contribution in [1.82, 2.24) is 4.98 Å². The van der Waals surface area contributed by atoms with Gasteiger partial charge < -0.3 is 9.84 Å². The Morgan fingerprint density at radius 3 is 2.44 bits per heavy atom. The van der Waals surface area contributed by atoms with Crippen LogP contribution in [0.3, 0.4) is 0 Å². The van der Waals surface area contributed by atoms with Crippen molar-refractivity contribution >= 4 is 49.8 Å². The molecule has 0 radical (unpaired) electrons. The number of aliphatic hydroxyl groups excluding tert-OH is 1. The molecule has 1 fully saturated rings. The number of rotatable bonds is 7. The van der Waals surface area contributed by atoms with Gasteiger partial charge in [-0.05, 0) is 79.4 Å². The zero-order chi connectivity index (χ0) is 27.8. The van der Waals surface area contributed by atoms with Gasteiger partial charge in [0.15, 0.2) is 5.13 Å². The molecular weight excluding hydrogens is 518 g/mol. The molecule has 39 heavy (non-hydrogen) atoms. The third kappa shape index (κ3) is 4.74. The van der Waals surface area contributed by atoms with Gasteiger partial charge in [-0.3, -0.25) is 24.6 Å². The van der Waals surface area contributed by atoms with Gasteiger partial charge in [-0.2, -0.15) is 0 Å². The topological polar surface area (TPSA) is 123 Å². The van der Waals surface area contributed by atoms with Crippen LogP contribution in [0.4, 0.5) is 10.8 Å². The van der Waals surface area contributed by atoms with Crippen LogP contribution in [-0.2, 0) is 9.59 Å². The second kappa shape index (κ2) is 10.3. The first-order valence-electron chi connectivity index (χ1n) is 12.4. The number of aliphatic hydroxyl groups is 1. The number of nitrogens with zero attached hydrogens (tertiary/aromatic N) is 3. The molecule has 0 spiro atoms. The number of non-ortho nitro benzene ring substituents is 1. The van der Waals surface area contributed by atoms with Crippen LogP contribution < -0.4 is 9.64 Å². The van der Waals surface area contributed by atoms with Gasteiger partial charge >= 0.3 is 5.91 Å². The molecular formula is C29H25N3O6S. The predicted molar refractivity (Wildman–Crippen MR) is 149 cm³/mol. The van der Waals surface area contributed by atoms with E-state index in [1.165, 1.54) is 40.5 Å². The molecule has 0 aliphatic carbocycles. The number of amides is 1. The van der Waals surface area contributed by atoms with E-state index in [0.29, 0.717) is 34.1 Å². The number of fused-ring (bicyclic) bond motifs is 1. The highest BCUT2D eigenvalue weighted by Crippen LogP contribution is 2.45. The molecule has 0 bridgehead atoms. The Kier molecular flexibility index (Phi) is 6.88. The number of aryl methyl sites for hydroxylation is 2. The van der Waals surface area contributed by atoms with Crippen LogP contribution in [0.1, 0.15) is 41.6 Å². The molecule has 3 aromatic carbocycles. The predicted octanol–water partition coefficient (Wildman–Crippen LogP) is 6.24. The summed E-state index contributed by atoms with van der Waals surface area (Å²) in [6.45, 7) is 6.42. The summed E-state index contributed by atoms with van der Waals surface area (Å²) < 4.78 is 6.46. The number of carbonyl (C=O) groups excluding carboxylic acids is 2. The zero-order valence-corrected chi connectivity index (χ0v) is 22.3. The second-order valence-corrected chi connectivity index (χ2v) is 10.3. The summed E-state index contributed by atoms with van der Waals surface area (Å²) >= 11 is 1.27. The van der Waals surface area contributed by atoms with Crippen LogP contribution in [-0.4, -0.2) is 33.3 Å². The number of hydrogen-bond acceptors (Lipinski definition) is 8. The summed E-state index contributed by atoms with van der Waals surface area (Å²) in [5.41, 5.74) is 3.19. The lowest BCUT2D eigenvalue weighted by Gasteiger charge is -2.22. The second-order valence-electron chi connectivity index (χ2n) is 9.32. The zero-order valence-electron chi connectivity index (χ0n) is 21.5. The first-order valence-corrected chi connectivity index (χ1v) is 13.2. The van der Waals surface area contributed by atoms with Crippen molar-refractivity contribution in [3.05, 3.63) is 98.6 Å². The molecule has 1 aliphatic heterocycles. The van der Waals surface area contributed by atoms with E-state index < -0.39 is 22.7 Å². The van der Waals surface area contributed by atoms with E-state index in [0.717, 1.165) is 22.2 Å². The van der Waals surface area contributed by atoms with Crippen LogP contribution in [0.5, 0.6) is 5.75 Å². The van der Waals surface area contributed by atoms with Crippen LogP contribution >= 0.6 is 11.3 Å². The smallest absolute Gasteiger partial charge is 0.301 e. The molecule has 1 saturated heterocycles. The number of nitro groups is 1. The maximum Gasteiger partial charge on any atom is 0.301 e. The summed E-state index contributed by atoms with van der Waals surface area (Å²) in [5.74, 6) is -1.44. The standard InChI is InChI=1S/C29H25N3O6S/c1-4-13-38-21-11-7-19(8-12-21)26(33)23-25(18-5-9-20(10-6-18)32(36)37)31(28(35)27(23)34)29-30-24-17(3)14-16(2)15-22(24)39-29/h5-12,14-15,25,33H,4,13H2,1-3H3. The van der Waals surface area contributed by atoms with E-state index in [-0.39, 0.29) is 17.0 Å². The quantitative estimate of drug-likeness (QED) is 0.0963. The fourth-order valence-electron chi connectivity index (χ4n) is 4.67. The maximum atomic E-state index is 13.5. The summed E-state index contributed by atoms with van der Waals surface area (Å²) in [6.07, 6.45) is 0.839. The monoisotopic (exact) mass is 543 g/mol. The molecule has 4 aromatic rings. The maximum absolute atomic E-state index is 13.5. The molecule has 2 heterocycles. The van der Waals surface area contributed by atoms with Gasteiger partial charge in [-0.25, -0.2) is 4.98 Å². The number of thiazole rings is 1. The summed E-state index contributed by atoms with van der Waals surface area (Å²) in [7, 11) is 0. The van der Waals surface area contributed by atoms with Crippen LogP contribution in [0, 0.1) is 24.0 Å². The minimum absolute atomic E-state index is 0.122. The molecule has 1 unspecified atom stereocenters. The number of carbonyl (C=O) groups is 2. The highest BCUT2D eigenvalue weighted by Gasteiger charge is 2.48. The highest BCUT2D eigenvalue weighted by atomic mass is 32.1. The Labute approximate surface area is 228 Å².